The molecule has 0 saturated heterocycles. The van der Waals surface area contributed by atoms with Crippen molar-refractivity contribution in [3.8, 4) is 0 Å². The first-order valence-electron chi connectivity index (χ1n) is 9.60. The second kappa shape index (κ2) is 10.2. The zero-order valence-corrected chi connectivity index (χ0v) is 19.5. The van der Waals surface area contributed by atoms with E-state index in [0.717, 1.165) is 4.68 Å². The summed E-state index contributed by atoms with van der Waals surface area (Å²) in [7, 11) is -3.83. The van der Waals surface area contributed by atoms with Crippen molar-refractivity contribution in [3.63, 3.8) is 0 Å². The molecule has 168 valence electrons. The number of aromatic nitrogens is 1. The third kappa shape index (κ3) is 5.91. The minimum absolute atomic E-state index is 0.227. The maximum atomic E-state index is 12.5. The SMILES string of the molecule is Cc1ccc(NS(=O)(=O)Cc2ccccc2)c(=O)n1N(Cl)C(=O)CCl.c1cc2cc(c1)C2. The van der Waals surface area contributed by atoms with E-state index in [4.69, 9.17) is 23.4 Å². The molecule has 5 rings (SSSR count). The van der Waals surface area contributed by atoms with E-state index in [1.165, 1.54) is 29.7 Å². The molecule has 3 aromatic rings. The van der Waals surface area contributed by atoms with Gasteiger partial charge >= 0.3 is 0 Å². The molecule has 1 amide bonds. The summed E-state index contributed by atoms with van der Waals surface area (Å²) in [5.41, 5.74) is 2.86. The van der Waals surface area contributed by atoms with E-state index in [9.17, 15) is 18.0 Å². The summed E-state index contributed by atoms with van der Waals surface area (Å²) < 4.78 is 28.2. The Morgan fingerprint density at radius 1 is 1.06 bits per heavy atom. The van der Waals surface area contributed by atoms with Crippen molar-refractivity contribution in [1.82, 2.24) is 4.68 Å². The summed E-state index contributed by atoms with van der Waals surface area (Å²) in [4.78, 5) is 24.1. The fourth-order valence-corrected chi connectivity index (χ4v) is 4.64. The van der Waals surface area contributed by atoms with Gasteiger partial charge in [0.2, 0.25) is 10.0 Å². The molecule has 0 fully saturated rings. The lowest BCUT2D eigenvalue weighted by molar-refractivity contribution is -0.116. The zero-order valence-electron chi connectivity index (χ0n) is 17.2. The van der Waals surface area contributed by atoms with Crippen LogP contribution < -0.4 is 14.8 Å². The number of nitrogens with one attached hydrogen (secondary N) is 1. The Morgan fingerprint density at radius 2 is 1.69 bits per heavy atom. The standard InChI is InChI=1S/C15H15Cl2N3O4S.C7H6/c1-11-7-8-13(15(22)19(11)20(17)14(21)9-16)18-25(23,24)10-12-5-3-2-4-6-12;1-2-6-4-7(3-1)5-6/h2-8,18H,9-10H2,1H3;1-4H,5H2. The number of alkyl halides is 1. The first-order valence-corrected chi connectivity index (χ1v) is 12.1. The van der Waals surface area contributed by atoms with E-state index >= 15 is 0 Å². The van der Waals surface area contributed by atoms with Crippen LogP contribution in [-0.2, 0) is 27.0 Å². The lowest BCUT2D eigenvalue weighted by atomic mass is 9.94. The van der Waals surface area contributed by atoms with E-state index in [2.05, 4.69) is 29.0 Å². The van der Waals surface area contributed by atoms with Crippen molar-refractivity contribution in [2.24, 2.45) is 0 Å². The van der Waals surface area contributed by atoms with Gasteiger partial charge in [0.1, 0.15) is 11.6 Å². The number of sulfonamides is 1. The highest BCUT2D eigenvalue weighted by Crippen LogP contribution is 2.19. The summed E-state index contributed by atoms with van der Waals surface area (Å²) in [5, 5.41) is 0. The third-order valence-electron chi connectivity index (χ3n) is 4.61. The zero-order chi connectivity index (χ0) is 23.3. The van der Waals surface area contributed by atoms with Crippen molar-refractivity contribution in [3.05, 3.63) is 99.5 Å². The van der Waals surface area contributed by atoms with Gasteiger partial charge in [-0.2, -0.15) is 0 Å². The van der Waals surface area contributed by atoms with Gasteiger partial charge in [0.05, 0.1) is 5.75 Å². The Morgan fingerprint density at radius 3 is 2.19 bits per heavy atom. The fourth-order valence-electron chi connectivity index (χ4n) is 3.03. The van der Waals surface area contributed by atoms with Crippen LogP contribution in [0.5, 0.6) is 0 Å². The predicted octanol–water partition coefficient (Wildman–Crippen LogP) is 3.55. The summed E-state index contributed by atoms with van der Waals surface area (Å²) in [5.74, 6) is -1.45. The largest absolute Gasteiger partial charge is 0.295 e. The number of nitrogens with zero attached hydrogens (tertiary/aromatic N) is 2. The molecule has 10 heteroatoms. The molecule has 7 nitrogen and oxygen atoms in total. The van der Waals surface area contributed by atoms with Gasteiger partial charge < -0.3 is 0 Å². The highest BCUT2D eigenvalue weighted by Gasteiger charge is 2.20. The fraction of sp³-hybridized carbons (Fsp3) is 0.182. The highest BCUT2D eigenvalue weighted by atomic mass is 35.5. The number of fused-ring (bicyclic) bond motifs is 2. The van der Waals surface area contributed by atoms with Crippen molar-refractivity contribution in [2.45, 2.75) is 19.1 Å². The molecule has 2 bridgehead atoms. The Hall–Kier alpha value is -2.81. The molecule has 0 aliphatic heterocycles. The van der Waals surface area contributed by atoms with E-state index < -0.39 is 27.4 Å². The van der Waals surface area contributed by atoms with Crippen LogP contribution in [0.1, 0.15) is 22.4 Å². The number of carbonyl (C=O) groups excluding carboxylic acids is 1. The molecule has 1 aromatic heterocycles. The smallest absolute Gasteiger partial charge is 0.278 e. The Labute approximate surface area is 196 Å². The van der Waals surface area contributed by atoms with Crippen LogP contribution in [-0.4, -0.2) is 24.9 Å². The average molecular weight is 494 g/mol. The number of halogens is 2. The molecule has 0 unspecified atom stereocenters. The number of rotatable bonds is 6. The van der Waals surface area contributed by atoms with Gasteiger partial charge in [-0.1, -0.05) is 54.6 Å². The lowest BCUT2D eigenvalue weighted by Gasteiger charge is -2.19. The first-order chi connectivity index (χ1) is 15.2. The second-order valence-corrected chi connectivity index (χ2v) is 9.45. The number of anilines is 1. The molecular weight excluding hydrogens is 473 g/mol. The number of hydrogen-bond acceptors (Lipinski definition) is 4. The number of amides is 1. The highest BCUT2D eigenvalue weighted by molar-refractivity contribution is 7.91. The Kier molecular flexibility index (Phi) is 7.60. The average Bonchev–Trinajstić information content (AvgIpc) is 2.76. The van der Waals surface area contributed by atoms with Crippen LogP contribution in [0, 0.1) is 6.92 Å². The van der Waals surface area contributed by atoms with Crippen LogP contribution in [0.15, 0.2) is 71.5 Å². The molecule has 1 heterocycles. The topological polar surface area (TPSA) is 88.5 Å². The molecule has 0 atom stereocenters. The molecule has 0 radical (unpaired) electrons. The van der Waals surface area contributed by atoms with Crippen LogP contribution in [0.25, 0.3) is 0 Å². The van der Waals surface area contributed by atoms with Crippen LogP contribution in [0.2, 0.25) is 0 Å². The maximum Gasteiger partial charge on any atom is 0.295 e. The van der Waals surface area contributed by atoms with Crippen LogP contribution in [0.3, 0.4) is 0 Å². The van der Waals surface area contributed by atoms with E-state index in [1.54, 1.807) is 37.3 Å². The molecule has 2 aliphatic rings. The number of benzene rings is 2. The van der Waals surface area contributed by atoms with Crippen molar-refractivity contribution in [2.75, 3.05) is 15.1 Å². The van der Waals surface area contributed by atoms with Crippen LogP contribution >= 0.6 is 23.4 Å². The molecule has 1 N–H and O–H groups in total. The van der Waals surface area contributed by atoms with Gasteiger partial charge in [0.25, 0.3) is 11.5 Å². The molecule has 0 saturated carbocycles. The predicted molar refractivity (Wildman–Crippen MR) is 127 cm³/mol. The second-order valence-electron chi connectivity index (χ2n) is 7.14. The minimum atomic E-state index is -3.83. The summed E-state index contributed by atoms with van der Waals surface area (Å²) in [6.07, 6.45) is 1.22. The maximum absolute atomic E-state index is 12.5. The summed E-state index contributed by atoms with van der Waals surface area (Å²) >= 11 is 11.3. The van der Waals surface area contributed by atoms with Gasteiger partial charge in [-0.15, -0.1) is 16.1 Å². The van der Waals surface area contributed by atoms with Gasteiger partial charge in [0.15, 0.2) is 0 Å². The number of pyridine rings is 1. The Balaban J connectivity index is 0.000000343. The number of carbonyl (C=O) groups is 1. The van der Waals surface area contributed by atoms with Crippen molar-refractivity contribution in [1.29, 1.82) is 0 Å². The van der Waals surface area contributed by atoms with E-state index in [1.807, 2.05) is 0 Å². The van der Waals surface area contributed by atoms with Crippen molar-refractivity contribution < 1.29 is 13.2 Å². The van der Waals surface area contributed by atoms with Gasteiger partial charge in [0, 0.05) is 17.5 Å². The molecule has 2 aliphatic carbocycles. The van der Waals surface area contributed by atoms with Crippen LogP contribution in [0.4, 0.5) is 5.69 Å². The van der Waals surface area contributed by atoms with E-state index in [0.29, 0.717) is 15.8 Å². The lowest BCUT2D eigenvalue weighted by Crippen LogP contribution is -2.42. The van der Waals surface area contributed by atoms with Crippen molar-refractivity contribution >= 4 is 45.0 Å². The number of hydrogen-bond donors (Lipinski definition) is 1. The van der Waals surface area contributed by atoms with E-state index in [-0.39, 0.29) is 11.4 Å². The monoisotopic (exact) mass is 493 g/mol. The molecule has 2 aromatic carbocycles. The number of aryl methyl sites for hydroxylation is 1. The molecule has 0 spiro atoms. The molecule has 32 heavy (non-hydrogen) atoms. The normalized spacial score (nSPS) is 11.6. The van der Waals surface area contributed by atoms with Gasteiger partial charge in [-0.25, -0.2) is 13.1 Å². The summed E-state index contributed by atoms with van der Waals surface area (Å²) in [6.45, 7) is 1.54. The summed E-state index contributed by atoms with van der Waals surface area (Å²) in [6, 6.07) is 19.9. The quantitative estimate of drug-likeness (QED) is 0.328. The minimum Gasteiger partial charge on any atom is -0.278 e. The third-order valence-corrected chi connectivity index (χ3v) is 6.42. The van der Waals surface area contributed by atoms with Gasteiger partial charge in [-0.05, 0) is 42.2 Å². The van der Waals surface area contributed by atoms with Gasteiger partial charge in [-0.3, -0.25) is 14.3 Å². The Bertz CT molecular complexity index is 1250. The first kappa shape index (κ1) is 23.8. The molecular formula is C22H21Cl2N3O4S.